The van der Waals surface area contributed by atoms with Crippen LogP contribution in [0.4, 0.5) is 18.9 Å². The molecule has 0 unspecified atom stereocenters. The van der Waals surface area contributed by atoms with Gasteiger partial charge in [-0.05, 0) is 67.7 Å². The Hall–Kier alpha value is -1.23. The molecule has 3 atom stereocenters. The fourth-order valence-electron chi connectivity index (χ4n) is 4.69. The topological polar surface area (TPSA) is 29.3 Å². The Balaban J connectivity index is 1.67. The van der Waals surface area contributed by atoms with Crippen LogP contribution >= 0.6 is 0 Å². The molecule has 2 aliphatic rings. The number of nitrogens with zero attached hydrogens (tertiary/aromatic N) is 1. The number of benzene rings is 1. The second-order valence-electron chi connectivity index (χ2n) is 8.29. The van der Waals surface area contributed by atoms with Crippen molar-refractivity contribution in [3.63, 3.8) is 0 Å². The van der Waals surface area contributed by atoms with Crippen LogP contribution in [0.2, 0.25) is 0 Å². The Kier molecular flexibility index (Phi) is 5.33. The molecule has 5 heteroatoms. The van der Waals surface area contributed by atoms with Gasteiger partial charge in [-0.3, -0.25) is 0 Å². The Morgan fingerprint density at radius 1 is 1.12 bits per heavy atom. The summed E-state index contributed by atoms with van der Waals surface area (Å²) in [4.78, 5) is 2.25. The summed E-state index contributed by atoms with van der Waals surface area (Å²) in [6, 6.07) is 5.92. The van der Waals surface area contributed by atoms with Gasteiger partial charge in [0.25, 0.3) is 0 Å². The van der Waals surface area contributed by atoms with Gasteiger partial charge in [0.05, 0.1) is 5.56 Å². The minimum atomic E-state index is -4.27. The number of rotatable bonds is 3. The maximum Gasteiger partial charge on any atom is 0.416 e. The van der Waals surface area contributed by atoms with Crippen LogP contribution in [0, 0.1) is 11.3 Å². The van der Waals surface area contributed by atoms with Crippen molar-refractivity contribution in [1.82, 2.24) is 0 Å². The highest BCUT2D eigenvalue weighted by molar-refractivity contribution is 5.48. The van der Waals surface area contributed by atoms with E-state index in [-0.39, 0.29) is 5.41 Å². The maximum absolute atomic E-state index is 12.8. The summed E-state index contributed by atoms with van der Waals surface area (Å²) >= 11 is 0. The van der Waals surface area contributed by atoms with Crippen LogP contribution in [0.5, 0.6) is 0 Å². The molecular formula is C20H29F3N2. The second-order valence-corrected chi connectivity index (χ2v) is 8.29. The summed E-state index contributed by atoms with van der Waals surface area (Å²) in [6.07, 6.45) is 3.98. The number of halogens is 3. The Labute approximate surface area is 148 Å². The van der Waals surface area contributed by atoms with Crippen LogP contribution in [0.1, 0.15) is 57.4 Å². The standard InChI is InChI=1S/C20H29F3N2/c1-19(13-15-5-2-3-6-18(15)24)11-4-12-25(14-19)17-9-7-16(8-10-17)20(21,22)23/h7-10,15,18H,2-6,11-14,24H2,1H3/t15-,18+,19+/m0/s1. The summed E-state index contributed by atoms with van der Waals surface area (Å²) in [5.74, 6) is 0.589. The highest BCUT2D eigenvalue weighted by atomic mass is 19.4. The van der Waals surface area contributed by atoms with Gasteiger partial charge in [0, 0.05) is 24.8 Å². The molecule has 2 N–H and O–H groups in total. The van der Waals surface area contributed by atoms with Crippen molar-refractivity contribution in [2.45, 2.75) is 64.1 Å². The minimum absolute atomic E-state index is 0.195. The molecule has 0 amide bonds. The molecule has 0 aromatic heterocycles. The van der Waals surface area contributed by atoms with E-state index >= 15 is 0 Å². The second kappa shape index (κ2) is 7.18. The Morgan fingerprint density at radius 2 is 1.80 bits per heavy atom. The van der Waals surface area contributed by atoms with Crippen molar-refractivity contribution in [1.29, 1.82) is 0 Å². The maximum atomic E-state index is 12.8. The highest BCUT2D eigenvalue weighted by Gasteiger charge is 2.36. The first-order chi connectivity index (χ1) is 11.8. The van der Waals surface area contributed by atoms with Crippen LogP contribution in [-0.4, -0.2) is 19.1 Å². The molecule has 0 bridgehead atoms. The lowest BCUT2D eigenvalue weighted by Crippen LogP contribution is -2.45. The summed E-state index contributed by atoms with van der Waals surface area (Å²) < 4.78 is 38.3. The molecule has 1 saturated heterocycles. The van der Waals surface area contributed by atoms with Gasteiger partial charge < -0.3 is 10.6 Å². The first kappa shape index (κ1) is 18.6. The third-order valence-corrected chi connectivity index (χ3v) is 6.06. The molecule has 140 valence electrons. The van der Waals surface area contributed by atoms with Crippen LogP contribution < -0.4 is 10.6 Å². The predicted octanol–water partition coefficient (Wildman–Crippen LogP) is 5.22. The quantitative estimate of drug-likeness (QED) is 0.806. The molecule has 3 rings (SSSR count). The van der Waals surface area contributed by atoms with E-state index in [1.807, 2.05) is 0 Å². The average molecular weight is 354 g/mol. The fraction of sp³-hybridized carbons (Fsp3) is 0.700. The molecular weight excluding hydrogens is 325 g/mol. The van der Waals surface area contributed by atoms with Gasteiger partial charge in [0.2, 0.25) is 0 Å². The van der Waals surface area contributed by atoms with Gasteiger partial charge >= 0.3 is 6.18 Å². The van der Waals surface area contributed by atoms with Gasteiger partial charge in [-0.25, -0.2) is 0 Å². The van der Waals surface area contributed by atoms with Crippen LogP contribution in [-0.2, 0) is 6.18 Å². The van der Waals surface area contributed by atoms with E-state index in [2.05, 4.69) is 11.8 Å². The predicted molar refractivity (Wildman–Crippen MR) is 95.5 cm³/mol. The monoisotopic (exact) mass is 354 g/mol. The number of anilines is 1. The van der Waals surface area contributed by atoms with Crippen molar-refractivity contribution < 1.29 is 13.2 Å². The molecule has 1 aromatic carbocycles. The number of hydrogen-bond acceptors (Lipinski definition) is 2. The molecule has 1 saturated carbocycles. The Morgan fingerprint density at radius 3 is 2.44 bits per heavy atom. The normalized spacial score (nSPS) is 31.2. The van der Waals surface area contributed by atoms with Crippen molar-refractivity contribution in [2.24, 2.45) is 17.1 Å². The summed E-state index contributed by atoms with van der Waals surface area (Å²) in [6.45, 7) is 4.14. The lowest BCUT2D eigenvalue weighted by atomic mass is 9.70. The number of nitrogens with two attached hydrogens (primary N) is 1. The minimum Gasteiger partial charge on any atom is -0.371 e. The van der Waals surface area contributed by atoms with Crippen molar-refractivity contribution in [3.8, 4) is 0 Å². The lowest BCUT2D eigenvalue weighted by molar-refractivity contribution is -0.137. The molecule has 2 nitrogen and oxygen atoms in total. The molecule has 0 radical (unpaired) electrons. The third kappa shape index (κ3) is 4.49. The molecule has 1 aliphatic carbocycles. The molecule has 1 aliphatic heterocycles. The van der Waals surface area contributed by atoms with E-state index in [9.17, 15) is 13.2 Å². The zero-order chi connectivity index (χ0) is 18.1. The largest absolute Gasteiger partial charge is 0.416 e. The molecule has 1 aromatic rings. The van der Waals surface area contributed by atoms with E-state index in [0.29, 0.717) is 12.0 Å². The van der Waals surface area contributed by atoms with Crippen molar-refractivity contribution in [2.75, 3.05) is 18.0 Å². The van der Waals surface area contributed by atoms with Gasteiger partial charge in [0.1, 0.15) is 0 Å². The number of hydrogen-bond donors (Lipinski definition) is 1. The third-order valence-electron chi connectivity index (χ3n) is 6.06. The SMILES string of the molecule is C[C@]1(C[C@@H]2CCCC[C@H]2N)CCCN(c2ccc(C(F)(F)F)cc2)C1. The van der Waals surface area contributed by atoms with Crippen molar-refractivity contribution >= 4 is 5.69 Å². The first-order valence-electron chi connectivity index (χ1n) is 9.45. The van der Waals surface area contributed by atoms with E-state index in [4.69, 9.17) is 5.73 Å². The van der Waals surface area contributed by atoms with E-state index in [0.717, 1.165) is 38.0 Å². The summed E-state index contributed by atoms with van der Waals surface area (Å²) in [7, 11) is 0. The summed E-state index contributed by atoms with van der Waals surface area (Å²) in [5, 5.41) is 0. The highest BCUT2D eigenvalue weighted by Crippen LogP contribution is 2.41. The summed E-state index contributed by atoms with van der Waals surface area (Å²) in [5.41, 5.74) is 6.85. The molecule has 1 heterocycles. The van der Waals surface area contributed by atoms with Crippen molar-refractivity contribution in [3.05, 3.63) is 29.8 Å². The molecule has 25 heavy (non-hydrogen) atoms. The number of piperidine rings is 1. The zero-order valence-electron chi connectivity index (χ0n) is 15.0. The van der Waals surface area contributed by atoms with Gasteiger partial charge in [-0.15, -0.1) is 0 Å². The van der Waals surface area contributed by atoms with Crippen LogP contribution in [0.3, 0.4) is 0 Å². The fourth-order valence-corrected chi connectivity index (χ4v) is 4.69. The van der Waals surface area contributed by atoms with Gasteiger partial charge in [-0.1, -0.05) is 19.8 Å². The van der Waals surface area contributed by atoms with E-state index < -0.39 is 11.7 Å². The van der Waals surface area contributed by atoms with Crippen LogP contribution in [0.15, 0.2) is 24.3 Å². The van der Waals surface area contributed by atoms with Gasteiger partial charge in [-0.2, -0.15) is 13.2 Å². The number of alkyl halides is 3. The van der Waals surface area contributed by atoms with Gasteiger partial charge in [0.15, 0.2) is 0 Å². The lowest BCUT2D eigenvalue weighted by Gasteiger charge is -2.45. The molecule has 0 spiro atoms. The first-order valence-corrected chi connectivity index (χ1v) is 9.45. The Bertz CT molecular complexity index is 569. The van der Waals surface area contributed by atoms with E-state index in [1.165, 1.54) is 37.8 Å². The average Bonchev–Trinajstić information content (AvgIpc) is 2.56. The smallest absolute Gasteiger partial charge is 0.371 e. The van der Waals surface area contributed by atoms with Crippen LogP contribution in [0.25, 0.3) is 0 Å². The van der Waals surface area contributed by atoms with E-state index in [1.54, 1.807) is 12.1 Å². The zero-order valence-corrected chi connectivity index (χ0v) is 15.0. The molecule has 2 fully saturated rings.